The standard InChI is InChI=1S/C21H24N2OS3/c1-25-13-14-26-21-22-19-18(16-9-5-6-10-17(16)27-19)20(24)23(21)12-11-15-7-3-2-4-8-15/h2-4,7-8H,5-6,9-14H2,1H3. The molecular weight excluding hydrogens is 392 g/mol. The fourth-order valence-electron chi connectivity index (χ4n) is 3.63. The summed E-state index contributed by atoms with van der Waals surface area (Å²) in [4.78, 5) is 20.8. The fourth-order valence-corrected chi connectivity index (χ4v) is 6.61. The lowest BCUT2D eigenvalue weighted by Crippen LogP contribution is -2.25. The summed E-state index contributed by atoms with van der Waals surface area (Å²) in [6.45, 7) is 0.692. The second-order valence-electron chi connectivity index (χ2n) is 6.82. The predicted octanol–water partition coefficient (Wildman–Crippen LogP) is 5.03. The topological polar surface area (TPSA) is 34.9 Å². The molecule has 0 fully saturated rings. The van der Waals surface area contributed by atoms with Gasteiger partial charge in [-0.2, -0.15) is 11.8 Å². The van der Waals surface area contributed by atoms with Gasteiger partial charge in [0.1, 0.15) is 4.83 Å². The maximum absolute atomic E-state index is 13.4. The summed E-state index contributed by atoms with van der Waals surface area (Å²) in [7, 11) is 0. The molecule has 0 spiro atoms. The first-order chi connectivity index (χ1) is 13.3. The zero-order valence-electron chi connectivity index (χ0n) is 15.6. The zero-order chi connectivity index (χ0) is 18.6. The van der Waals surface area contributed by atoms with Crippen LogP contribution in [-0.2, 0) is 25.8 Å². The van der Waals surface area contributed by atoms with Crippen molar-refractivity contribution >= 4 is 45.1 Å². The Balaban J connectivity index is 1.74. The molecule has 0 saturated heterocycles. The van der Waals surface area contributed by atoms with Crippen molar-refractivity contribution in [3.05, 3.63) is 56.7 Å². The van der Waals surface area contributed by atoms with Gasteiger partial charge in [0.25, 0.3) is 5.56 Å². The smallest absolute Gasteiger partial charge is 0.263 e. The van der Waals surface area contributed by atoms with Crippen LogP contribution in [0.25, 0.3) is 10.2 Å². The van der Waals surface area contributed by atoms with Gasteiger partial charge in [-0.1, -0.05) is 42.1 Å². The van der Waals surface area contributed by atoms with Crippen molar-refractivity contribution in [1.82, 2.24) is 9.55 Å². The Morgan fingerprint density at radius 1 is 1.15 bits per heavy atom. The molecule has 0 unspecified atom stereocenters. The third-order valence-corrected chi connectivity index (χ3v) is 8.06. The molecule has 3 nitrogen and oxygen atoms in total. The Kier molecular flexibility index (Phi) is 6.25. The number of rotatable bonds is 7. The van der Waals surface area contributed by atoms with E-state index >= 15 is 0 Å². The monoisotopic (exact) mass is 416 g/mol. The highest BCUT2D eigenvalue weighted by atomic mass is 32.2. The molecule has 0 aliphatic heterocycles. The molecule has 1 aliphatic rings. The van der Waals surface area contributed by atoms with E-state index < -0.39 is 0 Å². The minimum Gasteiger partial charge on any atom is -0.287 e. The highest BCUT2D eigenvalue weighted by Crippen LogP contribution is 2.34. The van der Waals surface area contributed by atoms with Crippen molar-refractivity contribution in [3.63, 3.8) is 0 Å². The average Bonchev–Trinajstić information content (AvgIpc) is 3.07. The van der Waals surface area contributed by atoms with Gasteiger partial charge >= 0.3 is 0 Å². The van der Waals surface area contributed by atoms with Crippen LogP contribution in [0.3, 0.4) is 0 Å². The van der Waals surface area contributed by atoms with E-state index in [1.165, 1.54) is 28.8 Å². The van der Waals surface area contributed by atoms with E-state index in [0.29, 0.717) is 6.54 Å². The number of benzene rings is 1. The number of hydrogen-bond donors (Lipinski definition) is 0. The largest absolute Gasteiger partial charge is 0.287 e. The van der Waals surface area contributed by atoms with Crippen LogP contribution in [0.15, 0.2) is 40.3 Å². The Bertz CT molecular complexity index is 978. The maximum Gasteiger partial charge on any atom is 0.263 e. The van der Waals surface area contributed by atoms with Crippen LogP contribution in [0.4, 0.5) is 0 Å². The molecule has 0 bridgehead atoms. The molecule has 0 saturated carbocycles. The van der Waals surface area contributed by atoms with Gasteiger partial charge in [0.2, 0.25) is 0 Å². The van der Waals surface area contributed by atoms with E-state index in [0.717, 1.165) is 46.1 Å². The lowest BCUT2D eigenvalue weighted by Gasteiger charge is -2.13. The molecule has 27 heavy (non-hydrogen) atoms. The predicted molar refractivity (Wildman–Crippen MR) is 120 cm³/mol. The Labute approximate surface area is 172 Å². The Morgan fingerprint density at radius 2 is 1.96 bits per heavy atom. The summed E-state index contributed by atoms with van der Waals surface area (Å²) >= 11 is 5.30. The summed E-state index contributed by atoms with van der Waals surface area (Å²) in [6.07, 6.45) is 7.53. The minimum absolute atomic E-state index is 0.169. The third kappa shape index (κ3) is 4.13. The van der Waals surface area contributed by atoms with Gasteiger partial charge in [0.05, 0.1) is 5.39 Å². The normalized spacial score (nSPS) is 13.8. The van der Waals surface area contributed by atoms with E-state index in [1.807, 2.05) is 22.4 Å². The molecule has 142 valence electrons. The van der Waals surface area contributed by atoms with Crippen LogP contribution in [0.1, 0.15) is 28.8 Å². The summed E-state index contributed by atoms with van der Waals surface area (Å²) in [5, 5.41) is 1.79. The maximum atomic E-state index is 13.4. The van der Waals surface area contributed by atoms with Crippen molar-refractivity contribution in [2.24, 2.45) is 0 Å². The molecule has 2 heterocycles. The zero-order valence-corrected chi connectivity index (χ0v) is 18.0. The fraction of sp³-hybridized carbons (Fsp3) is 0.429. The molecule has 0 amide bonds. The molecule has 2 aromatic heterocycles. The summed E-state index contributed by atoms with van der Waals surface area (Å²) in [5.41, 5.74) is 2.71. The van der Waals surface area contributed by atoms with E-state index in [-0.39, 0.29) is 5.56 Å². The van der Waals surface area contributed by atoms with E-state index in [9.17, 15) is 4.79 Å². The highest BCUT2D eigenvalue weighted by molar-refractivity contribution is 8.02. The average molecular weight is 417 g/mol. The Morgan fingerprint density at radius 3 is 2.78 bits per heavy atom. The van der Waals surface area contributed by atoms with Gasteiger partial charge in [-0.3, -0.25) is 9.36 Å². The lowest BCUT2D eigenvalue weighted by molar-refractivity contribution is 0.595. The first kappa shape index (κ1) is 19.1. The van der Waals surface area contributed by atoms with Crippen molar-refractivity contribution in [1.29, 1.82) is 0 Å². The molecule has 3 aromatic rings. The van der Waals surface area contributed by atoms with Crippen LogP contribution in [0.2, 0.25) is 0 Å². The molecule has 0 atom stereocenters. The minimum atomic E-state index is 0.169. The van der Waals surface area contributed by atoms with Crippen LogP contribution in [0, 0.1) is 0 Å². The Hall–Kier alpha value is -1.24. The number of hydrogen-bond acceptors (Lipinski definition) is 5. The van der Waals surface area contributed by atoms with Crippen molar-refractivity contribution < 1.29 is 0 Å². The summed E-state index contributed by atoms with van der Waals surface area (Å²) < 4.78 is 1.93. The van der Waals surface area contributed by atoms with Gasteiger partial charge in [-0.25, -0.2) is 4.98 Å². The third-order valence-electron chi connectivity index (χ3n) is 5.03. The van der Waals surface area contributed by atoms with Gasteiger partial charge in [-0.05, 0) is 49.5 Å². The van der Waals surface area contributed by atoms with Crippen LogP contribution in [0.5, 0.6) is 0 Å². The summed E-state index contributed by atoms with van der Waals surface area (Å²) in [6, 6.07) is 10.4. The van der Waals surface area contributed by atoms with Gasteiger partial charge in [-0.15, -0.1) is 11.3 Å². The first-order valence-corrected chi connectivity index (χ1v) is 12.7. The van der Waals surface area contributed by atoms with Gasteiger partial charge in [0, 0.05) is 22.9 Å². The van der Waals surface area contributed by atoms with Crippen LogP contribution >= 0.6 is 34.9 Å². The molecular formula is C21H24N2OS3. The van der Waals surface area contributed by atoms with E-state index in [2.05, 4.69) is 30.5 Å². The molecule has 1 aromatic carbocycles. The lowest BCUT2D eigenvalue weighted by atomic mass is 9.97. The second kappa shape index (κ2) is 8.84. The number of thioether (sulfide) groups is 2. The number of nitrogens with zero attached hydrogens (tertiary/aromatic N) is 2. The quantitative estimate of drug-likeness (QED) is 0.307. The molecule has 0 N–H and O–H groups in total. The van der Waals surface area contributed by atoms with Crippen LogP contribution in [-0.4, -0.2) is 27.3 Å². The van der Waals surface area contributed by atoms with Crippen molar-refractivity contribution in [2.45, 2.75) is 43.8 Å². The van der Waals surface area contributed by atoms with Crippen molar-refractivity contribution in [3.8, 4) is 0 Å². The van der Waals surface area contributed by atoms with Crippen LogP contribution < -0.4 is 5.56 Å². The number of aryl methyl sites for hydroxylation is 3. The SMILES string of the molecule is CSCCSc1nc2sc3c(c2c(=O)n1CCc1ccccc1)CCCC3. The number of fused-ring (bicyclic) bond motifs is 3. The first-order valence-electron chi connectivity index (χ1n) is 9.48. The van der Waals surface area contributed by atoms with E-state index in [4.69, 9.17) is 4.98 Å². The number of thiophene rings is 1. The molecule has 1 aliphatic carbocycles. The molecule has 0 radical (unpaired) electrons. The summed E-state index contributed by atoms with van der Waals surface area (Å²) in [5.74, 6) is 2.05. The number of aromatic nitrogens is 2. The molecule has 4 rings (SSSR count). The second-order valence-corrected chi connectivity index (χ2v) is 9.95. The van der Waals surface area contributed by atoms with Gasteiger partial charge in [0.15, 0.2) is 5.16 Å². The molecule has 6 heteroatoms. The van der Waals surface area contributed by atoms with Gasteiger partial charge < -0.3 is 0 Å². The highest BCUT2D eigenvalue weighted by Gasteiger charge is 2.22. The van der Waals surface area contributed by atoms with E-state index in [1.54, 1.807) is 23.1 Å². The van der Waals surface area contributed by atoms with Crippen molar-refractivity contribution in [2.75, 3.05) is 17.8 Å².